The molecule has 0 aromatic heterocycles. The molecule has 0 radical (unpaired) electrons. The second-order valence-electron chi connectivity index (χ2n) is 5.57. The van der Waals surface area contributed by atoms with E-state index in [-0.39, 0.29) is 30.6 Å². The molecule has 120 valence electrons. The minimum atomic E-state index is -0.946. The van der Waals surface area contributed by atoms with Crippen LogP contribution in [0, 0.1) is 11.7 Å². The highest BCUT2D eigenvalue weighted by molar-refractivity contribution is 5.79. The molecule has 1 fully saturated rings. The molecule has 0 saturated carbocycles. The van der Waals surface area contributed by atoms with Crippen molar-refractivity contribution >= 4 is 11.9 Å². The van der Waals surface area contributed by atoms with Crippen molar-refractivity contribution in [3.05, 3.63) is 35.6 Å². The van der Waals surface area contributed by atoms with Gasteiger partial charge in [-0.1, -0.05) is 25.1 Å². The molecule has 2 rings (SSSR count). The molecule has 1 aliphatic heterocycles. The molecule has 6 heteroatoms. The van der Waals surface area contributed by atoms with E-state index in [2.05, 4.69) is 0 Å². The number of hydrogen-bond donors (Lipinski definition) is 1. The molecule has 1 aromatic carbocycles. The normalized spacial score (nSPS) is 19.7. The number of aliphatic carboxylic acids is 1. The first-order valence-electron chi connectivity index (χ1n) is 7.33. The summed E-state index contributed by atoms with van der Waals surface area (Å²) < 4.78 is 19.0. The van der Waals surface area contributed by atoms with Gasteiger partial charge < -0.3 is 14.7 Å². The van der Waals surface area contributed by atoms with Crippen molar-refractivity contribution in [2.75, 3.05) is 19.7 Å². The predicted molar refractivity (Wildman–Crippen MR) is 77.8 cm³/mol. The smallest absolute Gasteiger partial charge is 0.306 e. The van der Waals surface area contributed by atoms with Gasteiger partial charge in [-0.05, 0) is 18.1 Å². The van der Waals surface area contributed by atoms with E-state index in [0.717, 1.165) is 0 Å². The fourth-order valence-corrected chi connectivity index (χ4v) is 2.63. The Morgan fingerprint density at radius 3 is 2.86 bits per heavy atom. The van der Waals surface area contributed by atoms with Gasteiger partial charge in [-0.2, -0.15) is 0 Å². The van der Waals surface area contributed by atoms with Crippen LogP contribution in [0.2, 0.25) is 0 Å². The fraction of sp³-hybridized carbons (Fsp3) is 0.500. The largest absolute Gasteiger partial charge is 0.481 e. The topological polar surface area (TPSA) is 66.8 Å². The average molecular weight is 309 g/mol. The molecule has 1 N–H and O–H groups in total. The molecule has 0 bridgehead atoms. The number of morpholine rings is 1. The first-order valence-corrected chi connectivity index (χ1v) is 7.33. The number of carbonyl (C=O) groups excluding carboxylic acids is 1. The standard InChI is InChI=1S/C16H20FNO4/c1-11(8-12-4-2-3-5-14(12)17)16(21)18-6-7-22-13(10-18)9-15(19)20/h2-5,11,13H,6-10H2,1H3,(H,19,20)/t11-,13+/m0/s1. The number of carboxylic acids is 1. The Kier molecular flexibility index (Phi) is 5.49. The van der Waals surface area contributed by atoms with Crippen LogP contribution in [-0.2, 0) is 20.7 Å². The molecule has 2 atom stereocenters. The third-order valence-electron chi connectivity index (χ3n) is 3.76. The van der Waals surface area contributed by atoms with Crippen molar-refractivity contribution < 1.29 is 23.8 Å². The molecule has 22 heavy (non-hydrogen) atoms. The molecule has 1 heterocycles. The highest BCUT2D eigenvalue weighted by Crippen LogP contribution is 2.17. The van der Waals surface area contributed by atoms with Crippen molar-refractivity contribution in [3.8, 4) is 0 Å². The lowest BCUT2D eigenvalue weighted by molar-refractivity contribution is -0.149. The molecule has 0 unspecified atom stereocenters. The van der Waals surface area contributed by atoms with Crippen molar-refractivity contribution in [2.45, 2.75) is 25.9 Å². The summed E-state index contributed by atoms with van der Waals surface area (Å²) in [5.41, 5.74) is 0.513. The van der Waals surface area contributed by atoms with Crippen LogP contribution in [0.4, 0.5) is 4.39 Å². The van der Waals surface area contributed by atoms with Gasteiger partial charge in [0.05, 0.1) is 19.1 Å². The summed E-state index contributed by atoms with van der Waals surface area (Å²) in [5.74, 6) is -1.71. The summed E-state index contributed by atoms with van der Waals surface area (Å²) in [6.45, 7) is 2.80. The molecule has 0 spiro atoms. The van der Waals surface area contributed by atoms with Gasteiger partial charge in [0, 0.05) is 19.0 Å². The summed E-state index contributed by atoms with van der Waals surface area (Å²) in [7, 11) is 0. The Hall–Kier alpha value is -1.95. The van der Waals surface area contributed by atoms with Gasteiger partial charge >= 0.3 is 5.97 Å². The van der Waals surface area contributed by atoms with E-state index < -0.39 is 12.1 Å². The lowest BCUT2D eigenvalue weighted by Crippen LogP contribution is -2.48. The Balaban J connectivity index is 1.95. The van der Waals surface area contributed by atoms with Crippen LogP contribution < -0.4 is 0 Å². The van der Waals surface area contributed by atoms with Gasteiger partial charge in [0.15, 0.2) is 0 Å². The van der Waals surface area contributed by atoms with Gasteiger partial charge in [0.25, 0.3) is 0 Å². The average Bonchev–Trinajstić information content (AvgIpc) is 2.48. The number of carboxylic acid groups (broad SMARTS) is 1. The van der Waals surface area contributed by atoms with Crippen LogP contribution in [0.15, 0.2) is 24.3 Å². The highest BCUT2D eigenvalue weighted by atomic mass is 19.1. The second-order valence-corrected chi connectivity index (χ2v) is 5.57. The van der Waals surface area contributed by atoms with E-state index in [1.165, 1.54) is 6.07 Å². The van der Waals surface area contributed by atoms with E-state index in [0.29, 0.717) is 25.1 Å². The van der Waals surface area contributed by atoms with Gasteiger partial charge in [0.1, 0.15) is 5.82 Å². The van der Waals surface area contributed by atoms with Gasteiger partial charge in [-0.3, -0.25) is 9.59 Å². The van der Waals surface area contributed by atoms with Crippen molar-refractivity contribution in [2.24, 2.45) is 5.92 Å². The Labute approximate surface area is 128 Å². The van der Waals surface area contributed by atoms with Crippen LogP contribution in [-0.4, -0.2) is 47.7 Å². The monoisotopic (exact) mass is 309 g/mol. The summed E-state index contributed by atoms with van der Waals surface area (Å²) in [5, 5.41) is 8.80. The Morgan fingerprint density at radius 1 is 1.45 bits per heavy atom. The number of nitrogens with zero attached hydrogens (tertiary/aromatic N) is 1. The maximum absolute atomic E-state index is 13.7. The maximum atomic E-state index is 13.7. The second kappa shape index (κ2) is 7.35. The summed E-state index contributed by atoms with van der Waals surface area (Å²) in [6, 6.07) is 6.41. The number of amides is 1. The Bertz CT molecular complexity index is 549. The van der Waals surface area contributed by atoms with Gasteiger partial charge in [-0.15, -0.1) is 0 Å². The minimum Gasteiger partial charge on any atom is -0.481 e. The van der Waals surface area contributed by atoms with Crippen molar-refractivity contribution in [1.29, 1.82) is 0 Å². The summed E-state index contributed by atoms with van der Waals surface area (Å²) >= 11 is 0. The SMILES string of the molecule is C[C@@H](Cc1ccccc1F)C(=O)N1CCO[C@H](CC(=O)O)C1. The van der Waals surface area contributed by atoms with E-state index in [9.17, 15) is 14.0 Å². The first-order chi connectivity index (χ1) is 10.5. The number of carbonyl (C=O) groups is 2. The minimum absolute atomic E-state index is 0.0954. The highest BCUT2D eigenvalue weighted by Gasteiger charge is 2.28. The molecule has 1 aliphatic rings. The van der Waals surface area contributed by atoms with Crippen LogP contribution >= 0.6 is 0 Å². The molecular formula is C16H20FNO4. The van der Waals surface area contributed by atoms with E-state index in [1.807, 2.05) is 0 Å². The number of halogens is 1. The fourth-order valence-electron chi connectivity index (χ4n) is 2.63. The zero-order valence-electron chi connectivity index (χ0n) is 12.5. The van der Waals surface area contributed by atoms with Crippen molar-refractivity contribution in [1.82, 2.24) is 4.90 Å². The lowest BCUT2D eigenvalue weighted by Gasteiger charge is -2.34. The Morgan fingerprint density at radius 2 is 2.18 bits per heavy atom. The van der Waals surface area contributed by atoms with Gasteiger partial charge in [0.2, 0.25) is 5.91 Å². The lowest BCUT2D eigenvalue weighted by atomic mass is 9.99. The molecule has 1 saturated heterocycles. The number of ether oxygens (including phenoxy) is 1. The van der Waals surface area contributed by atoms with Crippen LogP contribution in [0.5, 0.6) is 0 Å². The maximum Gasteiger partial charge on any atom is 0.306 e. The number of benzene rings is 1. The van der Waals surface area contributed by atoms with E-state index in [1.54, 1.807) is 30.0 Å². The van der Waals surface area contributed by atoms with Crippen molar-refractivity contribution in [3.63, 3.8) is 0 Å². The third-order valence-corrected chi connectivity index (χ3v) is 3.76. The van der Waals surface area contributed by atoms with E-state index in [4.69, 9.17) is 9.84 Å². The zero-order valence-corrected chi connectivity index (χ0v) is 12.5. The first kappa shape index (κ1) is 16.4. The van der Waals surface area contributed by atoms with Crippen LogP contribution in [0.3, 0.4) is 0 Å². The summed E-state index contributed by atoms with van der Waals surface area (Å²) in [6.07, 6.45) is -0.270. The quantitative estimate of drug-likeness (QED) is 0.899. The third kappa shape index (κ3) is 4.27. The number of hydrogen-bond acceptors (Lipinski definition) is 3. The molecule has 1 aromatic rings. The molecule has 0 aliphatic carbocycles. The zero-order chi connectivity index (χ0) is 16.1. The summed E-state index contributed by atoms with van der Waals surface area (Å²) in [4.78, 5) is 24.8. The molecular weight excluding hydrogens is 289 g/mol. The predicted octanol–water partition coefficient (Wildman–Crippen LogP) is 1.71. The van der Waals surface area contributed by atoms with E-state index >= 15 is 0 Å². The van der Waals surface area contributed by atoms with Crippen LogP contribution in [0.25, 0.3) is 0 Å². The molecule has 5 nitrogen and oxygen atoms in total. The molecule has 1 amide bonds. The van der Waals surface area contributed by atoms with Gasteiger partial charge in [-0.25, -0.2) is 4.39 Å². The van der Waals surface area contributed by atoms with Crippen LogP contribution in [0.1, 0.15) is 18.9 Å². The number of rotatable bonds is 5.